The SMILES string of the molecule is CN(CCc1ccccn1)C(=O)CNC(=O)Nc1cccc(Cl)c1. The van der Waals surface area contributed by atoms with Crippen LogP contribution in [0.15, 0.2) is 48.7 Å². The summed E-state index contributed by atoms with van der Waals surface area (Å²) >= 11 is 5.85. The molecule has 0 saturated heterocycles. The number of rotatable bonds is 6. The summed E-state index contributed by atoms with van der Waals surface area (Å²) in [5, 5.41) is 5.68. The second-order valence-corrected chi connectivity index (χ2v) is 5.64. The van der Waals surface area contributed by atoms with Crippen LogP contribution in [0, 0.1) is 0 Å². The maximum absolute atomic E-state index is 12.0. The van der Waals surface area contributed by atoms with Crippen molar-refractivity contribution in [1.82, 2.24) is 15.2 Å². The van der Waals surface area contributed by atoms with Crippen molar-refractivity contribution in [3.05, 3.63) is 59.4 Å². The third kappa shape index (κ3) is 5.89. The normalized spacial score (nSPS) is 10.1. The first-order chi connectivity index (χ1) is 11.5. The molecule has 126 valence electrons. The van der Waals surface area contributed by atoms with E-state index in [1.165, 1.54) is 0 Å². The number of nitrogens with one attached hydrogen (secondary N) is 2. The minimum absolute atomic E-state index is 0.0783. The van der Waals surface area contributed by atoms with Crippen LogP contribution in [0.25, 0.3) is 0 Å². The van der Waals surface area contributed by atoms with Gasteiger partial charge in [0.2, 0.25) is 5.91 Å². The van der Waals surface area contributed by atoms with Crippen molar-refractivity contribution in [3.8, 4) is 0 Å². The van der Waals surface area contributed by atoms with E-state index in [0.717, 1.165) is 5.69 Å². The van der Waals surface area contributed by atoms with Crippen LogP contribution >= 0.6 is 11.6 Å². The molecular weight excluding hydrogens is 328 g/mol. The van der Waals surface area contributed by atoms with Crippen molar-refractivity contribution >= 4 is 29.2 Å². The Morgan fingerprint density at radius 1 is 1.21 bits per heavy atom. The Bertz CT molecular complexity index is 694. The second-order valence-electron chi connectivity index (χ2n) is 5.20. The van der Waals surface area contributed by atoms with Gasteiger partial charge in [-0.05, 0) is 30.3 Å². The van der Waals surface area contributed by atoms with Gasteiger partial charge in [-0.3, -0.25) is 9.78 Å². The van der Waals surface area contributed by atoms with Crippen molar-refractivity contribution in [2.24, 2.45) is 0 Å². The Kier molecular flexibility index (Phi) is 6.57. The zero-order valence-corrected chi connectivity index (χ0v) is 14.1. The topological polar surface area (TPSA) is 74.3 Å². The fourth-order valence-corrected chi connectivity index (χ4v) is 2.18. The molecule has 0 saturated carbocycles. The van der Waals surface area contributed by atoms with Gasteiger partial charge in [0.1, 0.15) is 0 Å². The van der Waals surface area contributed by atoms with Gasteiger partial charge in [0.25, 0.3) is 0 Å². The summed E-state index contributed by atoms with van der Waals surface area (Å²) in [6.07, 6.45) is 2.39. The Balaban J connectivity index is 1.72. The van der Waals surface area contributed by atoms with E-state index in [1.54, 1.807) is 42.4 Å². The van der Waals surface area contributed by atoms with E-state index in [-0.39, 0.29) is 12.5 Å². The molecule has 0 bridgehead atoms. The Hall–Kier alpha value is -2.60. The number of nitrogens with zero attached hydrogens (tertiary/aromatic N) is 2. The van der Waals surface area contributed by atoms with E-state index in [4.69, 9.17) is 11.6 Å². The highest BCUT2D eigenvalue weighted by Crippen LogP contribution is 2.14. The Labute approximate surface area is 145 Å². The lowest BCUT2D eigenvalue weighted by molar-refractivity contribution is -0.128. The van der Waals surface area contributed by atoms with Gasteiger partial charge < -0.3 is 15.5 Å². The summed E-state index contributed by atoms with van der Waals surface area (Å²) in [6, 6.07) is 12.0. The summed E-state index contributed by atoms with van der Waals surface area (Å²) in [6.45, 7) is 0.457. The van der Waals surface area contributed by atoms with Crippen LogP contribution in [-0.4, -0.2) is 42.0 Å². The zero-order chi connectivity index (χ0) is 17.4. The van der Waals surface area contributed by atoms with Gasteiger partial charge in [0.05, 0.1) is 6.54 Å². The number of carbonyl (C=O) groups excluding carboxylic acids is 2. The number of anilines is 1. The Morgan fingerprint density at radius 3 is 2.75 bits per heavy atom. The number of hydrogen-bond acceptors (Lipinski definition) is 3. The van der Waals surface area contributed by atoms with E-state index in [0.29, 0.717) is 23.7 Å². The molecule has 0 radical (unpaired) electrons. The highest BCUT2D eigenvalue weighted by molar-refractivity contribution is 6.30. The first-order valence-electron chi connectivity index (χ1n) is 7.49. The minimum Gasteiger partial charge on any atom is -0.344 e. The molecule has 0 aliphatic carbocycles. The fourth-order valence-electron chi connectivity index (χ4n) is 1.99. The highest BCUT2D eigenvalue weighted by atomic mass is 35.5. The first kappa shape index (κ1) is 17.7. The van der Waals surface area contributed by atoms with Crippen molar-refractivity contribution < 1.29 is 9.59 Å². The van der Waals surface area contributed by atoms with Gasteiger partial charge in [0, 0.05) is 42.6 Å². The number of aromatic nitrogens is 1. The number of likely N-dealkylation sites (N-methyl/N-ethyl adjacent to an activating group) is 1. The molecule has 0 aliphatic heterocycles. The average molecular weight is 347 g/mol. The van der Waals surface area contributed by atoms with E-state index in [9.17, 15) is 9.59 Å². The molecule has 1 heterocycles. The molecule has 24 heavy (non-hydrogen) atoms. The smallest absolute Gasteiger partial charge is 0.319 e. The Morgan fingerprint density at radius 2 is 2.04 bits per heavy atom. The van der Waals surface area contributed by atoms with Gasteiger partial charge in [0.15, 0.2) is 0 Å². The number of halogens is 1. The molecule has 0 aliphatic rings. The molecule has 0 fully saturated rings. The van der Waals surface area contributed by atoms with Gasteiger partial charge in [-0.2, -0.15) is 0 Å². The third-order valence-electron chi connectivity index (χ3n) is 3.34. The lowest BCUT2D eigenvalue weighted by Crippen LogP contribution is -2.40. The number of hydrogen-bond donors (Lipinski definition) is 2. The monoisotopic (exact) mass is 346 g/mol. The van der Waals surface area contributed by atoms with Crippen molar-refractivity contribution in [2.45, 2.75) is 6.42 Å². The molecule has 2 N–H and O–H groups in total. The standard InChI is InChI=1S/C17H19ClN4O2/c1-22(10-8-14-6-2-3-9-19-14)16(23)12-20-17(24)21-15-7-4-5-13(18)11-15/h2-7,9,11H,8,10,12H2,1H3,(H2,20,21,24). The average Bonchev–Trinajstić information content (AvgIpc) is 2.58. The molecule has 1 aromatic carbocycles. The lowest BCUT2D eigenvalue weighted by atomic mass is 10.2. The number of carbonyl (C=O) groups is 2. The van der Waals surface area contributed by atoms with Gasteiger partial charge in [-0.25, -0.2) is 4.79 Å². The number of pyridine rings is 1. The van der Waals surface area contributed by atoms with Crippen molar-refractivity contribution in [2.75, 3.05) is 25.5 Å². The molecule has 0 spiro atoms. The van der Waals surface area contributed by atoms with Crippen LogP contribution in [0.3, 0.4) is 0 Å². The van der Waals surface area contributed by atoms with Crippen molar-refractivity contribution in [3.63, 3.8) is 0 Å². The molecule has 1 aromatic heterocycles. The molecule has 2 aromatic rings. The van der Waals surface area contributed by atoms with Crippen LogP contribution < -0.4 is 10.6 Å². The van der Waals surface area contributed by atoms with Crippen LogP contribution in [0.4, 0.5) is 10.5 Å². The number of amides is 3. The molecule has 2 rings (SSSR count). The summed E-state index contributed by atoms with van der Waals surface area (Å²) in [4.78, 5) is 29.6. The van der Waals surface area contributed by atoms with Crippen LogP contribution in [0.1, 0.15) is 5.69 Å². The summed E-state index contributed by atoms with van der Waals surface area (Å²) in [5.41, 5.74) is 1.49. The highest BCUT2D eigenvalue weighted by Gasteiger charge is 2.11. The second kappa shape index (κ2) is 8.88. The van der Waals surface area contributed by atoms with Gasteiger partial charge >= 0.3 is 6.03 Å². The fraction of sp³-hybridized carbons (Fsp3) is 0.235. The van der Waals surface area contributed by atoms with Gasteiger partial charge in [-0.15, -0.1) is 0 Å². The predicted octanol–water partition coefficient (Wildman–Crippen LogP) is 2.56. The number of urea groups is 1. The van der Waals surface area contributed by atoms with E-state index < -0.39 is 6.03 Å². The predicted molar refractivity (Wildman–Crippen MR) is 94.1 cm³/mol. The van der Waals surface area contributed by atoms with E-state index in [2.05, 4.69) is 15.6 Å². The summed E-state index contributed by atoms with van der Waals surface area (Å²) < 4.78 is 0. The molecule has 0 unspecified atom stereocenters. The van der Waals surface area contributed by atoms with Crippen LogP contribution in [-0.2, 0) is 11.2 Å². The molecule has 7 heteroatoms. The summed E-state index contributed by atoms with van der Waals surface area (Å²) in [5.74, 6) is -0.174. The van der Waals surface area contributed by atoms with E-state index >= 15 is 0 Å². The maximum atomic E-state index is 12.0. The van der Waals surface area contributed by atoms with Crippen molar-refractivity contribution in [1.29, 1.82) is 0 Å². The summed E-state index contributed by atoms with van der Waals surface area (Å²) in [7, 11) is 1.70. The molecule has 6 nitrogen and oxygen atoms in total. The first-order valence-corrected chi connectivity index (χ1v) is 7.86. The third-order valence-corrected chi connectivity index (χ3v) is 3.57. The number of benzene rings is 1. The zero-order valence-electron chi connectivity index (χ0n) is 13.3. The minimum atomic E-state index is -0.455. The largest absolute Gasteiger partial charge is 0.344 e. The van der Waals surface area contributed by atoms with E-state index in [1.807, 2.05) is 18.2 Å². The molecular formula is C17H19ClN4O2. The molecule has 3 amide bonds. The maximum Gasteiger partial charge on any atom is 0.319 e. The van der Waals surface area contributed by atoms with Gasteiger partial charge in [-0.1, -0.05) is 23.7 Å². The quantitative estimate of drug-likeness (QED) is 0.844. The molecule has 0 atom stereocenters. The lowest BCUT2D eigenvalue weighted by Gasteiger charge is -2.17. The van der Waals surface area contributed by atoms with Crippen LogP contribution in [0.5, 0.6) is 0 Å². The van der Waals surface area contributed by atoms with Crippen LogP contribution in [0.2, 0.25) is 5.02 Å².